The minimum absolute atomic E-state index is 0.132. The molecule has 0 bridgehead atoms. The number of hydrogen-bond donors (Lipinski definition) is 0. The van der Waals surface area contributed by atoms with E-state index in [1.54, 1.807) is 9.42 Å². The lowest BCUT2D eigenvalue weighted by molar-refractivity contribution is 0.0446. The van der Waals surface area contributed by atoms with Gasteiger partial charge in [-0.1, -0.05) is 12.1 Å². The summed E-state index contributed by atoms with van der Waals surface area (Å²) < 4.78 is 7.73. The number of aryl methyl sites for hydroxylation is 2. The maximum atomic E-state index is 12.9. The van der Waals surface area contributed by atoms with Crippen molar-refractivity contribution in [2.45, 2.75) is 39.2 Å². The van der Waals surface area contributed by atoms with E-state index < -0.39 is 0 Å². The van der Waals surface area contributed by atoms with Gasteiger partial charge in [0.1, 0.15) is 11.9 Å². The van der Waals surface area contributed by atoms with Crippen molar-refractivity contribution in [1.82, 2.24) is 24.5 Å². The lowest BCUT2D eigenvalue weighted by Crippen LogP contribution is -2.44. The Morgan fingerprint density at radius 2 is 1.90 bits per heavy atom. The van der Waals surface area contributed by atoms with E-state index in [0.29, 0.717) is 36.6 Å². The van der Waals surface area contributed by atoms with Crippen LogP contribution in [0.2, 0.25) is 0 Å². The summed E-state index contributed by atoms with van der Waals surface area (Å²) in [4.78, 5) is 35.9. The molecule has 1 fully saturated rings. The number of hydrogen-bond acceptors (Lipinski definition) is 6. The molecule has 8 heteroatoms. The minimum Gasteiger partial charge on any atom is -0.489 e. The van der Waals surface area contributed by atoms with Gasteiger partial charge in [0.05, 0.1) is 5.56 Å². The monoisotopic (exact) mass is 405 g/mol. The highest BCUT2D eigenvalue weighted by molar-refractivity contribution is 5.99. The molecular formula is C22H23N5O3. The molecule has 3 aromatic rings. The second-order valence-corrected chi connectivity index (χ2v) is 8.10. The van der Waals surface area contributed by atoms with Crippen molar-refractivity contribution in [2.24, 2.45) is 5.92 Å². The number of ether oxygens (including phenoxy) is 1. The molecule has 0 spiro atoms. The summed E-state index contributed by atoms with van der Waals surface area (Å²) in [6, 6.07) is 9.32. The first-order valence-corrected chi connectivity index (χ1v) is 10.3. The van der Waals surface area contributed by atoms with Crippen LogP contribution >= 0.6 is 0 Å². The van der Waals surface area contributed by atoms with Gasteiger partial charge < -0.3 is 9.64 Å². The predicted octanol–water partition coefficient (Wildman–Crippen LogP) is 2.63. The Kier molecular flexibility index (Phi) is 4.49. The van der Waals surface area contributed by atoms with E-state index in [2.05, 4.69) is 15.1 Å². The van der Waals surface area contributed by atoms with Crippen molar-refractivity contribution in [2.75, 3.05) is 13.1 Å². The summed E-state index contributed by atoms with van der Waals surface area (Å²) in [6.45, 7) is 5.00. The van der Waals surface area contributed by atoms with Crippen molar-refractivity contribution >= 4 is 17.5 Å². The molecule has 1 atom stereocenters. The van der Waals surface area contributed by atoms with E-state index in [1.807, 2.05) is 44.2 Å². The maximum absolute atomic E-state index is 12.9. The number of piperidine rings is 1. The van der Waals surface area contributed by atoms with Crippen molar-refractivity contribution < 1.29 is 14.3 Å². The standard InChI is InChI=1S/C22H23N5O3/c1-13-11-14(2)27-22(23-13)24-20(25-27)21(29)26-9-7-15(8-10-26)19-12-17(28)16-5-3-4-6-18(16)30-19/h3-6,11,15,19H,7-10,12H2,1-2H3/t19-/m1/s1. The number of aromatic nitrogens is 4. The van der Waals surface area contributed by atoms with Crippen LogP contribution in [0.15, 0.2) is 30.3 Å². The molecule has 0 N–H and O–H groups in total. The third-order valence-electron chi connectivity index (χ3n) is 6.01. The molecule has 4 heterocycles. The zero-order valence-electron chi connectivity index (χ0n) is 17.0. The van der Waals surface area contributed by atoms with Gasteiger partial charge in [0.25, 0.3) is 11.7 Å². The van der Waals surface area contributed by atoms with Crippen LogP contribution in [0.3, 0.4) is 0 Å². The number of fused-ring (bicyclic) bond motifs is 2. The summed E-state index contributed by atoms with van der Waals surface area (Å²) >= 11 is 0. The topological polar surface area (TPSA) is 89.7 Å². The van der Waals surface area contributed by atoms with Gasteiger partial charge in [-0.05, 0) is 50.8 Å². The Balaban J connectivity index is 1.27. The Morgan fingerprint density at radius 3 is 2.70 bits per heavy atom. The number of carbonyl (C=O) groups excluding carboxylic acids is 2. The lowest BCUT2D eigenvalue weighted by Gasteiger charge is -2.37. The van der Waals surface area contributed by atoms with Gasteiger partial charge in [0.2, 0.25) is 5.82 Å². The van der Waals surface area contributed by atoms with Gasteiger partial charge in [-0.2, -0.15) is 4.98 Å². The van der Waals surface area contributed by atoms with Crippen molar-refractivity contribution in [3.8, 4) is 5.75 Å². The average Bonchev–Trinajstić information content (AvgIpc) is 3.18. The van der Waals surface area contributed by atoms with Crippen LogP contribution in [0.5, 0.6) is 5.75 Å². The summed E-state index contributed by atoms with van der Waals surface area (Å²) in [6.07, 6.45) is 1.84. The van der Waals surface area contributed by atoms with E-state index in [9.17, 15) is 9.59 Å². The first-order valence-electron chi connectivity index (χ1n) is 10.3. The van der Waals surface area contributed by atoms with Gasteiger partial charge in [-0.25, -0.2) is 9.50 Å². The smallest absolute Gasteiger partial charge is 0.293 e. The Bertz CT molecular complexity index is 1150. The quantitative estimate of drug-likeness (QED) is 0.651. The fourth-order valence-corrected chi connectivity index (χ4v) is 4.43. The molecular weight excluding hydrogens is 382 g/mol. The van der Waals surface area contributed by atoms with E-state index >= 15 is 0 Å². The zero-order chi connectivity index (χ0) is 20.8. The molecule has 0 saturated carbocycles. The molecule has 0 unspecified atom stereocenters. The normalized spacial score (nSPS) is 19.6. The number of ketones is 1. The van der Waals surface area contributed by atoms with Gasteiger partial charge in [-0.15, -0.1) is 5.10 Å². The van der Waals surface area contributed by atoms with Gasteiger partial charge in [0, 0.05) is 30.9 Å². The van der Waals surface area contributed by atoms with Gasteiger partial charge >= 0.3 is 0 Å². The average molecular weight is 405 g/mol. The minimum atomic E-state index is -0.179. The van der Waals surface area contributed by atoms with Crippen molar-refractivity contribution in [1.29, 1.82) is 0 Å². The highest BCUT2D eigenvalue weighted by atomic mass is 16.5. The van der Waals surface area contributed by atoms with Gasteiger partial charge in [0.15, 0.2) is 5.78 Å². The van der Waals surface area contributed by atoms with E-state index in [-0.39, 0.29) is 29.5 Å². The summed E-state index contributed by atoms with van der Waals surface area (Å²) in [5, 5.41) is 4.35. The number of rotatable bonds is 2. The molecule has 154 valence electrons. The van der Waals surface area contributed by atoms with Crippen LogP contribution in [-0.4, -0.2) is 55.4 Å². The van der Waals surface area contributed by atoms with Crippen molar-refractivity contribution in [3.63, 3.8) is 0 Å². The van der Waals surface area contributed by atoms with E-state index in [4.69, 9.17) is 4.74 Å². The number of amides is 1. The lowest BCUT2D eigenvalue weighted by atomic mass is 9.86. The van der Waals surface area contributed by atoms with Crippen LogP contribution < -0.4 is 4.74 Å². The number of carbonyl (C=O) groups is 2. The highest BCUT2D eigenvalue weighted by Gasteiger charge is 2.35. The number of Topliss-reactive ketones (excluding diaryl/α,β-unsaturated/α-hetero) is 1. The summed E-state index contributed by atoms with van der Waals surface area (Å²) in [5.41, 5.74) is 2.40. The van der Waals surface area contributed by atoms with Crippen molar-refractivity contribution in [3.05, 3.63) is 53.1 Å². The molecule has 0 radical (unpaired) electrons. The van der Waals surface area contributed by atoms with Crippen LogP contribution in [0.25, 0.3) is 5.78 Å². The predicted molar refractivity (Wildman–Crippen MR) is 109 cm³/mol. The first-order chi connectivity index (χ1) is 14.5. The second kappa shape index (κ2) is 7.19. The fourth-order valence-electron chi connectivity index (χ4n) is 4.43. The third-order valence-corrected chi connectivity index (χ3v) is 6.01. The third kappa shape index (κ3) is 3.22. The Labute approximate surface area is 173 Å². The molecule has 0 aliphatic carbocycles. The molecule has 30 heavy (non-hydrogen) atoms. The van der Waals surface area contributed by atoms with Gasteiger partial charge in [-0.3, -0.25) is 9.59 Å². The molecule has 1 saturated heterocycles. The fraction of sp³-hybridized carbons (Fsp3) is 0.409. The SMILES string of the molecule is Cc1cc(C)n2nc(C(=O)N3CCC([C@H]4CC(=O)c5ccccc5O4)CC3)nc2n1. The maximum Gasteiger partial charge on any atom is 0.293 e. The zero-order valence-corrected chi connectivity index (χ0v) is 17.0. The van der Waals surface area contributed by atoms with E-state index in [1.165, 1.54) is 0 Å². The Hall–Kier alpha value is -3.29. The first kappa shape index (κ1) is 18.7. The molecule has 5 rings (SSSR count). The molecule has 2 aliphatic rings. The molecule has 2 aliphatic heterocycles. The largest absolute Gasteiger partial charge is 0.489 e. The number of likely N-dealkylation sites (tertiary alicyclic amines) is 1. The van der Waals surface area contributed by atoms with Crippen LogP contribution in [0.1, 0.15) is 51.6 Å². The number of para-hydroxylation sites is 1. The van der Waals surface area contributed by atoms with E-state index in [0.717, 1.165) is 24.2 Å². The molecule has 8 nitrogen and oxygen atoms in total. The molecule has 1 aromatic carbocycles. The highest BCUT2D eigenvalue weighted by Crippen LogP contribution is 2.33. The van der Waals surface area contributed by atoms with Crippen LogP contribution in [0.4, 0.5) is 0 Å². The molecule has 2 aromatic heterocycles. The molecule has 1 amide bonds. The number of benzene rings is 1. The van der Waals surface area contributed by atoms with Crippen LogP contribution in [-0.2, 0) is 0 Å². The summed E-state index contributed by atoms with van der Waals surface area (Å²) in [7, 11) is 0. The van der Waals surface area contributed by atoms with Crippen LogP contribution in [0, 0.1) is 19.8 Å². The summed E-state index contributed by atoms with van der Waals surface area (Å²) in [5.74, 6) is 1.48. The Morgan fingerprint density at radius 1 is 1.13 bits per heavy atom. The number of nitrogens with zero attached hydrogens (tertiary/aromatic N) is 5. The second-order valence-electron chi connectivity index (χ2n) is 8.10.